The first-order valence-electron chi connectivity index (χ1n) is 3.72. The van der Waals surface area contributed by atoms with E-state index in [1.54, 1.807) is 0 Å². The van der Waals surface area contributed by atoms with Crippen molar-refractivity contribution in [3.63, 3.8) is 0 Å². The zero-order valence-corrected chi connectivity index (χ0v) is 6.78. The third kappa shape index (κ3) is 2.23. The molecule has 12 heavy (non-hydrogen) atoms. The molecule has 1 aromatic rings. The fourth-order valence-electron chi connectivity index (χ4n) is 0.904. The van der Waals surface area contributed by atoms with Crippen LogP contribution in [0.3, 0.4) is 0 Å². The Morgan fingerprint density at radius 3 is 2.92 bits per heavy atom. The predicted molar refractivity (Wildman–Crippen MR) is 46.2 cm³/mol. The Hall–Kier alpha value is -1.58. The highest BCUT2D eigenvalue weighted by Gasteiger charge is 1.93. The van der Waals surface area contributed by atoms with Gasteiger partial charge in [0.1, 0.15) is 0 Å². The lowest BCUT2D eigenvalue weighted by molar-refractivity contribution is -0.401. The summed E-state index contributed by atoms with van der Waals surface area (Å²) in [7, 11) is 0. The van der Waals surface area contributed by atoms with E-state index in [1.165, 1.54) is 6.08 Å². The lowest BCUT2D eigenvalue weighted by atomic mass is 10.3. The molecule has 1 aromatic heterocycles. The molecular weight excluding hydrogens is 156 g/mol. The van der Waals surface area contributed by atoms with Crippen molar-refractivity contribution in [2.45, 2.75) is 13.3 Å². The minimum absolute atomic E-state index is 0.480. The minimum atomic E-state index is -0.480. The Morgan fingerprint density at radius 1 is 1.67 bits per heavy atom. The third-order valence-corrected chi connectivity index (χ3v) is 1.53. The highest BCUT2D eigenvalue weighted by atomic mass is 16.6. The van der Waals surface area contributed by atoms with Crippen LogP contribution in [0.1, 0.15) is 18.3 Å². The Morgan fingerprint density at radius 2 is 2.42 bits per heavy atom. The van der Waals surface area contributed by atoms with Gasteiger partial charge in [-0.25, -0.2) is 0 Å². The molecule has 0 saturated heterocycles. The van der Waals surface area contributed by atoms with Gasteiger partial charge in [0.15, 0.2) is 0 Å². The molecule has 1 rings (SSSR count). The second kappa shape index (κ2) is 3.71. The van der Waals surface area contributed by atoms with E-state index < -0.39 is 4.92 Å². The van der Waals surface area contributed by atoms with Crippen molar-refractivity contribution in [1.29, 1.82) is 0 Å². The molecular formula is C8H10N2O2. The van der Waals surface area contributed by atoms with Crippen LogP contribution in [0.5, 0.6) is 0 Å². The Balaban J connectivity index is 2.70. The van der Waals surface area contributed by atoms with E-state index in [1.807, 2.05) is 19.1 Å². The SMILES string of the molecule is CCc1ccc(/C=C/[N+](=O)[O-])[nH]1. The Labute approximate surface area is 70.1 Å². The van der Waals surface area contributed by atoms with Gasteiger partial charge in [-0.1, -0.05) is 6.92 Å². The van der Waals surface area contributed by atoms with Crippen molar-refractivity contribution in [2.75, 3.05) is 0 Å². The van der Waals surface area contributed by atoms with Crippen LogP contribution in [0.15, 0.2) is 18.3 Å². The smallest absolute Gasteiger partial charge is 0.236 e. The van der Waals surface area contributed by atoms with Gasteiger partial charge in [0.05, 0.1) is 4.92 Å². The normalized spacial score (nSPS) is 10.8. The van der Waals surface area contributed by atoms with E-state index in [9.17, 15) is 10.1 Å². The summed E-state index contributed by atoms with van der Waals surface area (Å²) in [5.74, 6) is 0. The number of hydrogen-bond acceptors (Lipinski definition) is 2. The van der Waals surface area contributed by atoms with E-state index in [4.69, 9.17) is 0 Å². The number of nitrogens with one attached hydrogen (secondary N) is 1. The van der Waals surface area contributed by atoms with Gasteiger partial charge in [0.2, 0.25) is 6.20 Å². The van der Waals surface area contributed by atoms with Crippen LogP contribution in [-0.2, 0) is 6.42 Å². The van der Waals surface area contributed by atoms with E-state index in [2.05, 4.69) is 4.98 Å². The molecule has 0 spiro atoms. The van der Waals surface area contributed by atoms with E-state index in [0.29, 0.717) is 0 Å². The molecule has 0 atom stereocenters. The summed E-state index contributed by atoms with van der Waals surface area (Å²) in [6.07, 6.45) is 3.27. The predicted octanol–water partition coefficient (Wildman–Crippen LogP) is 1.82. The van der Waals surface area contributed by atoms with Gasteiger partial charge in [0.25, 0.3) is 0 Å². The summed E-state index contributed by atoms with van der Waals surface area (Å²) < 4.78 is 0. The molecule has 1 N–H and O–H groups in total. The third-order valence-electron chi connectivity index (χ3n) is 1.53. The van der Waals surface area contributed by atoms with Crippen LogP contribution in [0.4, 0.5) is 0 Å². The number of rotatable bonds is 3. The van der Waals surface area contributed by atoms with E-state index in [-0.39, 0.29) is 0 Å². The molecule has 0 aliphatic carbocycles. The molecule has 4 heteroatoms. The molecule has 0 radical (unpaired) electrons. The molecule has 0 unspecified atom stereocenters. The summed E-state index contributed by atoms with van der Waals surface area (Å²) in [4.78, 5) is 12.5. The fourth-order valence-corrected chi connectivity index (χ4v) is 0.904. The van der Waals surface area contributed by atoms with Crippen LogP contribution in [-0.4, -0.2) is 9.91 Å². The second-order valence-corrected chi connectivity index (χ2v) is 2.39. The maximum atomic E-state index is 9.95. The average molecular weight is 166 g/mol. The maximum absolute atomic E-state index is 9.95. The van der Waals surface area contributed by atoms with Crippen molar-refractivity contribution in [1.82, 2.24) is 4.98 Å². The monoisotopic (exact) mass is 166 g/mol. The van der Waals surface area contributed by atoms with Crippen LogP contribution in [0.2, 0.25) is 0 Å². The van der Waals surface area contributed by atoms with Crippen molar-refractivity contribution < 1.29 is 4.92 Å². The number of hydrogen-bond donors (Lipinski definition) is 1. The number of aromatic nitrogens is 1. The van der Waals surface area contributed by atoms with Crippen molar-refractivity contribution >= 4 is 6.08 Å². The standard InChI is InChI=1S/C8H10N2O2/c1-2-7-3-4-8(9-7)5-6-10(11)12/h3-6,9H,2H2,1H3/b6-5+. The largest absolute Gasteiger partial charge is 0.359 e. The molecule has 0 aliphatic heterocycles. The lowest BCUT2D eigenvalue weighted by Gasteiger charge is -1.86. The van der Waals surface area contributed by atoms with Crippen molar-refractivity contribution in [2.24, 2.45) is 0 Å². The number of aromatic amines is 1. The van der Waals surface area contributed by atoms with Gasteiger partial charge in [0, 0.05) is 17.5 Å². The number of H-pyrrole nitrogens is 1. The van der Waals surface area contributed by atoms with Gasteiger partial charge in [-0.15, -0.1) is 0 Å². The van der Waals surface area contributed by atoms with E-state index >= 15 is 0 Å². The maximum Gasteiger partial charge on any atom is 0.236 e. The van der Waals surface area contributed by atoms with E-state index in [0.717, 1.165) is 24.0 Å². The minimum Gasteiger partial charge on any atom is -0.359 e. The van der Waals surface area contributed by atoms with Gasteiger partial charge in [-0.2, -0.15) is 0 Å². The summed E-state index contributed by atoms with van der Waals surface area (Å²) in [6, 6.07) is 3.73. The zero-order valence-electron chi connectivity index (χ0n) is 6.78. The first kappa shape index (κ1) is 8.52. The Kier molecular flexibility index (Phi) is 2.63. The van der Waals surface area contributed by atoms with Gasteiger partial charge < -0.3 is 4.98 Å². The topological polar surface area (TPSA) is 58.9 Å². The molecule has 0 aromatic carbocycles. The molecule has 0 fully saturated rings. The van der Waals surface area contributed by atoms with Crippen molar-refractivity contribution in [3.05, 3.63) is 39.8 Å². The lowest BCUT2D eigenvalue weighted by Crippen LogP contribution is -1.83. The van der Waals surface area contributed by atoms with Gasteiger partial charge in [-0.3, -0.25) is 10.1 Å². The van der Waals surface area contributed by atoms with Crippen LogP contribution in [0.25, 0.3) is 6.08 Å². The molecule has 4 nitrogen and oxygen atoms in total. The van der Waals surface area contributed by atoms with Crippen molar-refractivity contribution in [3.8, 4) is 0 Å². The quantitative estimate of drug-likeness (QED) is 0.550. The highest BCUT2D eigenvalue weighted by molar-refractivity contribution is 5.43. The van der Waals surface area contributed by atoms with Gasteiger partial charge in [-0.05, 0) is 18.6 Å². The highest BCUT2D eigenvalue weighted by Crippen LogP contribution is 2.03. The summed E-state index contributed by atoms with van der Waals surface area (Å²) >= 11 is 0. The zero-order chi connectivity index (χ0) is 8.97. The molecule has 0 saturated carbocycles. The number of nitrogens with zero attached hydrogens (tertiary/aromatic N) is 1. The first-order chi connectivity index (χ1) is 5.72. The second-order valence-electron chi connectivity index (χ2n) is 2.39. The summed E-state index contributed by atoms with van der Waals surface area (Å²) in [5, 5.41) is 9.95. The molecule has 1 heterocycles. The molecule has 0 aliphatic rings. The first-order valence-corrected chi connectivity index (χ1v) is 3.72. The average Bonchev–Trinajstić information content (AvgIpc) is 2.48. The Bertz CT molecular complexity index is 302. The number of aryl methyl sites for hydroxylation is 1. The van der Waals surface area contributed by atoms with Crippen LogP contribution in [0, 0.1) is 10.1 Å². The molecule has 64 valence electrons. The summed E-state index contributed by atoms with van der Waals surface area (Å²) in [6.45, 7) is 2.02. The van der Waals surface area contributed by atoms with Crippen LogP contribution >= 0.6 is 0 Å². The molecule has 0 amide bonds. The van der Waals surface area contributed by atoms with Gasteiger partial charge >= 0.3 is 0 Å². The summed E-state index contributed by atoms with van der Waals surface area (Å²) in [5.41, 5.74) is 1.85. The van der Waals surface area contributed by atoms with Crippen LogP contribution < -0.4 is 0 Å². The fraction of sp³-hybridized carbons (Fsp3) is 0.250. The number of nitro groups is 1. The molecule has 0 bridgehead atoms.